The molecule has 0 aliphatic rings. The lowest BCUT2D eigenvalue weighted by Crippen LogP contribution is -1.95. The molecular formula is C7H11O2. The summed E-state index contributed by atoms with van der Waals surface area (Å²) in [6.07, 6.45) is 3.78. The van der Waals surface area contributed by atoms with E-state index in [2.05, 4.69) is 4.74 Å². The van der Waals surface area contributed by atoms with Crippen molar-refractivity contribution in [2.24, 2.45) is 0 Å². The van der Waals surface area contributed by atoms with E-state index in [-0.39, 0.29) is 5.97 Å². The molecule has 0 N–H and O–H groups in total. The largest absolute Gasteiger partial charge is 0.455 e. The average molecular weight is 127 g/mol. The van der Waals surface area contributed by atoms with Crippen LogP contribution in [0.15, 0.2) is 12.2 Å². The number of esters is 1. The van der Waals surface area contributed by atoms with Crippen molar-refractivity contribution in [1.29, 1.82) is 0 Å². The molecule has 0 saturated carbocycles. The molecular weight excluding hydrogens is 116 g/mol. The summed E-state index contributed by atoms with van der Waals surface area (Å²) in [7, 11) is 0. The van der Waals surface area contributed by atoms with Crippen molar-refractivity contribution in [2.45, 2.75) is 20.3 Å². The van der Waals surface area contributed by atoms with Gasteiger partial charge in [0.2, 0.25) is 0 Å². The van der Waals surface area contributed by atoms with Gasteiger partial charge in [0.1, 0.15) is 6.61 Å². The molecule has 0 amide bonds. The maximum absolute atomic E-state index is 10.5. The van der Waals surface area contributed by atoms with E-state index in [9.17, 15) is 4.79 Å². The number of ether oxygens (including phenoxy) is 1. The van der Waals surface area contributed by atoms with E-state index < -0.39 is 0 Å². The van der Waals surface area contributed by atoms with Crippen LogP contribution in [-0.4, -0.2) is 5.97 Å². The summed E-state index contributed by atoms with van der Waals surface area (Å²) >= 11 is 0. The van der Waals surface area contributed by atoms with Crippen LogP contribution in [0.25, 0.3) is 0 Å². The van der Waals surface area contributed by atoms with Crippen LogP contribution in [-0.2, 0) is 9.53 Å². The van der Waals surface area contributed by atoms with Crippen LogP contribution < -0.4 is 0 Å². The SMILES string of the molecule is C/C=C/C(=O)O[CH]CC. The average Bonchev–Trinajstić information content (AvgIpc) is 1.85. The lowest BCUT2D eigenvalue weighted by atomic mass is 10.5. The Kier molecular flexibility index (Phi) is 4.88. The van der Waals surface area contributed by atoms with Gasteiger partial charge in [-0.2, -0.15) is 0 Å². The molecule has 0 heterocycles. The van der Waals surface area contributed by atoms with Crippen LogP contribution in [0.5, 0.6) is 0 Å². The van der Waals surface area contributed by atoms with Gasteiger partial charge in [-0.1, -0.05) is 13.0 Å². The molecule has 0 aromatic heterocycles. The van der Waals surface area contributed by atoms with Crippen LogP contribution in [0, 0.1) is 6.61 Å². The van der Waals surface area contributed by atoms with Gasteiger partial charge in [-0.25, -0.2) is 4.79 Å². The molecule has 0 aromatic rings. The third-order valence-corrected chi connectivity index (χ3v) is 0.669. The highest BCUT2D eigenvalue weighted by Gasteiger charge is 1.91. The first-order valence-corrected chi connectivity index (χ1v) is 2.96. The lowest BCUT2D eigenvalue weighted by molar-refractivity contribution is -0.134. The molecule has 0 unspecified atom stereocenters. The summed E-state index contributed by atoms with van der Waals surface area (Å²) in [6, 6.07) is 0. The van der Waals surface area contributed by atoms with E-state index in [1.165, 1.54) is 12.7 Å². The Hall–Kier alpha value is -0.790. The van der Waals surface area contributed by atoms with Gasteiger partial charge in [0.25, 0.3) is 0 Å². The van der Waals surface area contributed by atoms with Crippen LogP contribution in [0.2, 0.25) is 0 Å². The quantitative estimate of drug-likeness (QED) is 0.426. The first kappa shape index (κ1) is 8.21. The number of carbonyl (C=O) groups is 1. The Bertz CT molecular complexity index is 105. The summed E-state index contributed by atoms with van der Waals surface area (Å²) in [5.74, 6) is -0.306. The van der Waals surface area contributed by atoms with Gasteiger partial charge in [-0.15, -0.1) is 0 Å². The van der Waals surface area contributed by atoms with Crippen molar-refractivity contribution in [3.05, 3.63) is 18.8 Å². The third kappa shape index (κ3) is 5.07. The minimum absolute atomic E-state index is 0.306. The minimum atomic E-state index is -0.306. The van der Waals surface area contributed by atoms with Crippen molar-refractivity contribution in [2.75, 3.05) is 0 Å². The fourth-order valence-electron chi connectivity index (χ4n) is 0.341. The topological polar surface area (TPSA) is 26.3 Å². The maximum atomic E-state index is 10.5. The van der Waals surface area contributed by atoms with E-state index in [0.29, 0.717) is 0 Å². The first-order valence-electron chi connectivity index (χ1n) is 2.96. The monoisotopic (exact) mass is 127 g/mol. The van der Waals surface area contributed by atoms with Gasteiger partial charge >= 0.3 is 5.97 Å². The van der Waals surface area contributed by atoms with Crippen molar-refractivity contribution in [3.63, 3.8) is 0 Å². The molecule has 0 aliphatic carbocycles. The molecule has 0 saturated heterocycles. The zero-order valence-corrected chi connectivity index (χ0v) is 5.76. The summed E-state index contributed by atoms with van der Waals surface area (Å²) < 4.78 is 4.58. The molecule has 0 spiro atoms. The Balaban J connectivity index is 3.27. The van der Waals surface area contributed by atoms with Gasteiger partial charge in [0, 0.05) is 6.08 Å². The smallest absolute Gasteiger partial charge is 0.330 e. The van der Waals surface area contributed by atoms with Crippen molar-refractivity contribution in [1.82, 2.24) is 0 Å². The molecule has 51 valence electrons. The molecule has 0 aliphatic heterocycles. The van der Waals surface area contributed by atoms with E-state index in [0.717, 1.165) is 6.42 Å². The van der Waals surface area contributed by atoms with Gasteiger partial charge in [0.15, 0.2) is 0 Å². The minimum Gasteiger partial charge on any atom is -0.455 e. The summed E-state index contributed by atoms with van der Waals surface area (Å²) in [4.78, 5) is 10.5. The number of rotatable bonds is 3. The van der Waals surface area contributed by atoms with Crippen LogP contribution in [0.1, 0.15) is 20.3 Å². The van der Waals surface area contributed by atoms with Crippen LogP contribution in [0.3, 0.4) is 0 Å². The van der Waals surface area contributed by atoms with Crippen LogP contribution in [0.4, 0.5) is 0 Å². The highest BCUT2D eigenvalue weighted by atomic mass is 16.5. The molecule has 2 heteroatoms. The fraction of sp³-hybridized carbons (Fsp3) is 0.429. The van der Waals surface area contributed by atoms with Crippen LogP contribution >= 0.6 is 0 Å². The van der Waals surface area contributed by atoms with Gasteiger partial charge in [-0.05, 0) is 13.3 Å². The normalized spacial score (nSPS) is 10.0. The van der Waals surface area contributed by atoms with E-state index >= 15 is 0 Å². The standard InChI is InChI=1S/C7H11O2/c1-3-5-7(8)9-6-4-2/h3,5-6H,4H2,1-2H3/b5-3+. The number of hydrogen-bond acceptors (Lipinski definition) is 2. The molecule has 0 fully saturated rings. The number of carbonyl (C=O) groups excluding carboxylic acids is 1. The van der Waals surface area contributed by atoms with Crippen molar-refractivity contribution in [3.8, 4) is 0 Å². The van der Waals surface area contributed by atoms with E-state index in [1.807, 2.05) is 6.92 Å². The Morgan fingerprint density at radius 1 is 1.67 bits per heavy atom. The van der Waals surface area contributed by atoms with E-state index in [1.54, 1.807) is 13.0 Å². The highest BCUT2D eigenvalue weighted by molar-refractivity contribution is 5.82. The highest BCUT2D eigenvalue weighted by Crippen LogP contribution is 1.88. The first-order chi connectivity index (χ1) is 4.31. The maximum Gasteiger partial charge on any atom is 0.330 e. The molecule has 1 radical (unpaired) electrons. The van der Waals surface area contributed by atoms with Gasteiger partial charge in [-0.3, -0.25) is 0 Å². The zero-order valence-electron chi connectivity index (χ0n) is 5.76. The lowest BCUT2D eigenvalue weighted by Gasteiger charge is -1.94. The summed E-state index contributed by atoms with van der Waals surface area (Å²) in [5, 5.41) is 0. The van der Waals surface area contributed by atoms with Gasteiger partial charge < -0.3 is 4.74 Å². The number of hydrogen-bond donors (Lipinski definition) is 0. The second-order valence-corrected chi connectivity index (χ2v) is 1.51. The second kappa shape index (κ2) is 5.35. The molecule has 0 atom stereocenters. The summed E-state index contributed by atoms with van der Waals surface area (Å²) in [6.45, 7) is 5.15. The van der Waals surface area contributed by atoms with E-state index in [4.69, 9.17) is 0 Å². The Morgan fingerprint density at radius 3 is 2.78 bits per heavy atom. The molecule has 9 heavy (non-hydrogen) atoms. The Labute approximate surface area is 55.5 Å². The predicted molar refractivity (Wildman–Crippen MR) is 35.5 cm³/mol. The molecule has 0 aromatic carbocycles. The molecule has 0 rings (SSSR count). The van der Waals surface area contributed by atoms with Crippen molar-refractivity contribution < 1.29 is 9.53 Å². The van der Waals surface area contributed by atoms with Gasteiger partial charge in [0.05, 0.1) is 0 Å². The van der Waals surface area contributed by atoms with Crippen molar-refractivity contribution >= 4 is 5.97 Å². The second-order valence-electron chi connectivity index (χ2n) is 1.51. The Morgan fingerprint density at radius 2 is 2.33 bits per heavy atom. The fourth-order valence-corrected chi connectivity index (χ4v) is 0.341. The molecule has 2 nitrogen and oxygen atoms in total. The third-order valence-electron chi connectivity index (χ3n) is 0.669. The molecule has 0 bridgehead atoms. The predicted octanol–water partition coefficient (Wildman–Crippen LogP) is 1.68. The summed E-state index contributed by atoms with van der Waals surface area (Å²) in [5.41, 5.74) is 0. The zero-order chi connectivity index (χ0) is 7.11. The number of allylic oxidation sites excluding steroid dienone is 1.